The van der Waals surface area contributed by atoms with E-state index < -0.39 is 12.1 Å². The number of hydrogen-bond acceptors (Lipinski definition) is 7. The molecule has 0 bridgehead atoms. The zero-order chi connectivity index (χ0) is 22.4. The van der Waals surface area contributed by atoms with E-state index in [4.69, 9.17) is 23.7 Å². The zero-order valence-electron chi connectivity index (χ0n) is 18.3. The van der Waals surface area contributed by atoms with Crippen molar-refractivity contribution < 1.29 is 33.6 Å². The van der Waals surface area contributed by atoms with Crippen molar-refractivity contribution in [1.29, 1.82) is 0 Å². The number of carbonyl (C=O) groups is 1. The summed E-state index contributed by atoms with van der Waals surface area (Å²) in [5, 5.41) is 9.92. The molecular formula is C23H29NO7. The highest BCUT2D eigenvalue weighted by Gasteiger charge is 2.36. The molecule has 3 rings (SSSR count). The number of ether oxygens (including phenoxy) is 5. The lowest BCUT2D eigenvalue weighted by atomic mass is 9.96. The first-order valence-corrected chi connectivity index (χ1v) is 10.0. The van der Waals surface area contributed by atoms with E-state index >= 15 is 0 Å². The minimum Gasteiger partial charge on any atom is -0.493 e. The van der Waals surface area contributed by atoms with E-state index in [1.807, 2.05) is 18.2 Å². The Morgan fingerprint density at radius 2 is 1.58 bits per heavy atom. The van der Waals surface area contributed by atoms with E-state index in [0.717, 1.165) is 11.1 Å². The molecule has 2 aromatic rings. The van der Waals surface area contributed by atoms with E-state index in [1.54, 1.807) is 51.5 Å². The molecule has 1 aliphatic heterocycles. The van der Waals surface area contributed by atoms with Crippen LogP contribution in [-0.2, 0) is 16.0 Å². The first-order valence-electron chi connectivity index (χ1n) is 10.0. The number of hydrogen-bond donors (Lipinski definition) is 1. The van der Waals surface area contributed by atoms with Crippen LogP contribution in [0.2, 0.25) is 0 Å². The molecule has 2 atom stereocenters. The number of methoxy groups -OCH3 is 4. The van der Waals surface area contributed by atoms with Crippen molar-refractivity contribution in [2.45, 2.75) is 18.6 Å². The molecule has 0 aliphatic carbocycles. The maximum atomic E-state index is 13.3. The van der Waals surface area contributed by atoms with Crippen LogP contribution in [0.1, 0.15) is 17.2 Å². The van der Waals surface area contributed by atoms with Gasteiger partial charge < -0.3 is 33.7 Å². The summed E-state index contributed by atoms with van der Waals surface area (Å²) in [4.78, 5) is 15.1. The number of carbonyl (C=O) groups excluding carboxylic acids is 1. The third kappa shape index (κ3) is 4.86. The minimum absolute atomic E-state index is 0.0752. The van der Waals surface area contributed by atoms with Crippen LogP contribution in [-0.4, -0.2) is 70.2 Å². The maximum Gasteiger partial charge on any atom is 0.227 e. The predicted molar refractivity (Wildman–Crippen MR) is 114 cm³/mol. The molecule has 1 heterocycles. The van der Waals surface area contributed by atoms with Crippen LogP contribution in [0.5, 0.6) is 23.0 Å². The molecule has 0 aromatic heterocycles. The van der Waals surface area contributed by atoms with Crippen molar-refractivity contribution in [2.24, 2.45) is 0 Å². The lowest BCUT2D eigenvalue weighted by Crippen LogP contribution is -2.49. The summed E-state index contributed by atoms with van der Waals surface area (Å²) in [5.74, 6) is 2.24. The first-order chi connectivity index (χ1) is 15.1. The second-order valence-corrected chi connectivity index (χ2v) is 7.10. The fourth-order valence-electron chi connectivity index (χ4n) is 3.86. The summed E-state index contributed by atoms with van der Waals surface area (Å²) in [7, 11) is 6.25. The van der Waals surface area contributed by atoms with Gasteiger partial charge in [-0.3, -0.25) is 4.79 Å². The van der Waals surface area contributed by atoms with E-state index in [2.05, 4.69) is 0 Å². The number of rotatable bonds is 8. The molecule has 0 radical (unpaired) electrons. The molecule has 1 N–H and O–H groups in total. The Labute approximate surface area is 182 Å². The first kappa shape index (κ1) is 22.7. The van der Waals surface area contributed by atoms with Gasteiger partial charge in [-0.05, 0) is 35.4 Å². The van der Waals surface area contributed by atoms with Gasteiger partial charge in [-0.25, -0.2) is 0 Å². The van der Waals surface area contributed by atoms with Gasteiger partial charge in [-0.15, -0.1) is 0 Å². The Kier molecular flexibility index (Phi) is 7.59. The van der Waals surface area contributed by atoms with Crippen LogP contribution in [0, 0.1) is 0 Å². The second-order valence-electron chi connectivity index (χ2n) is 7.10. The van der Waals surface area contributed by atoms with Gasteiger partial charge in [0, 0.05) is 6.54 Å². The molecule has 0 saturated carbocycles. The summed E-state index contributed by atoms with van der Waals surface area (Å²) in [6.45, 7) is 0.563. The summed E-state index contributed by atoms with van der Waals surface area (Å²) in [5.41, 5.74) is 1.61. The molecule has 31 heavy (non-hydrogen) atoms. The van der Waals surface area contributed by atoms with Crippen LogP contribution in [0.4, 0.5) is 0 Å². The smallest absolute Gasteiger partial charge is 0.227 e. The SMILES string of the molecule is COc1ccc(CC(=O)N2CCO[C@H](CO)[C@H]2c2ccc(OC)c(OC)c2)cc1OC. The molecule has 1 saturated heterocycles. The van der Waals surface area contributed by atoms with E-state index in [1.165, 1.54) is 0 Å². The predicted octanol–water partition coefficient (Wildman–Crippen LogP) is 2.22. The van der Waals surface area contributed by atoms with Crippen molar-refractivity contribution in [2.75, 3.05) is 48.2 Å². The van der Waals surface area contributed by atoms with Crippen LogP contribution < -0.4 is 18.9 Å². The molecule has 168 valence electrons. The Balaban J connectivity index is 1.89. The summed E-state index contributed by atoms with van der Waals surface area (Å²) in [6, 6.07) is 10.4. The van der Waals surface area contributed by atoms with Gasteiger partial charge in [-0.2, -0.15) is 0 Å². The maximum absolute atomic E-state index is 13.3. The highest BCUT2D eigenvalue weighted by molar-refractivity contribution is 5.80. The Hall–Kier alpha value is -2.97. The Morgan fingerprint density at radius 3 is 2.19 bits per heavy atom. The topological polar surface area (TPSA) is 86.7 Å². The fraction of sp³-hybridized carbons (Fsp3) is 0.435. The number of benzene rings is 2. The van der Waals surface area contributed by atoms with Gasteiger partial charge in [-0.1, -0.05) is 12.1 Å². The summed E-state index contributed by atoms with van der Waals surface area (Å²) >= 11 is 0. The van der Waals surface area contributed by atoms with E-state index in [-0.39, 0.29) is 18.9 Å². The molecular weight excluding hydrogens is 402 g/mol. The average Bonchev–Trinajstić information content (AvgIpc) is 2.82. The lowest BCUT2D eigenvalue weighted by molar-refractivity contribution is -0.149. The largest absolute Gasteiger partial charge is 0.493 e. The van der Waals surface area contributed by atoms with Gasteiger partial charge in [0.25, 0.3) is 0 Å². The zero-order valence-corrected chi connectivity index (χ0v) is 18.3. The monoisotopic (exact) mass is 431 g/mol. The normalized spacial score (nSPS) is 18.4. The van der Waals surface area contributed by atoms with Crippen molar-refractivity contribution in [3.8, 4) is 23.0 Å². The fourth-order valence-corrected chi connectivity index (χ4v) is 3.86. The molecule has 0 unspecified atom stereocenters. The number of nitrogens with zero attached hydrogens (tertiary/aromatic N) is 1. The van der Waals surface area contributed by atoms with Crippen molar-refractivity contribution in [3.63, 3.8) is 0 Å². The highest BCUT2D eigenvalue weighted by Crippen LogP contribution is 2.36. The van der Waals surface area contributed by atoms with Crippen LogP contribution in [0.15, 0.2) is 36.4 Å². The quantitative estimate of drug-likeness (QED) is 0.686. The van der Waals surface area contributed by atoms with Gasteiger partial charge in [0.05, 0.1) is 54.1 Å². The second kappa shape index (κ2) is 10.4. The third-order valence-corrected chi connectivity index (χ3v) is 5.40. The van der Waals surface area contributed by atoms with Crippen LogP contribution in [0.25, 0.3) is 0 Å². The van der Waals surface area contributed by atoms with Crippen molar-refractivity contribution >= 4 is 5.91 Å². The number of morpholine rings is 1. The van der Waals surface area contributed by atoms with E-state index in [0.29, 0.717) is 36.1 Å². The highest BCUT2D eigenvalue weighted by atomic mass is 16.5. The lowest BCUT2D eigenvalue weighted by Gasteiger charge is -2.41. The Morgan fingerprint density at radius 1 is 0.968 bits per heavy atom. The van der Waals surface area contributed by atoms with Gasteiger partial charge in [0.2, 0.25) is 5.91 Å². The molecule has 8 nitrogen and oxygen atoms in total. The minimum atomic E-state index is -0.541. The molecule has 1 amide bonds. The van der Waals surface area contributed by atoms with Crippen molar-refractivity contribution in [1.82, 2.24) is 4.90 Å². The van der Waals surface area contributed by atoms with E-state index in [9.17, 15) is 9.90 Å². The van der Waals surface area contributed by atoms with Crippen LogP contribution in [0.3, 0.4) is 0 Å². The van der Waals surface area contributed by atoms with Gasteiger partial charge in [0.1, 0.15) is 6.10 Å². The number of aliphatic hydroxyl groups is 1. The summed E-state index contributed by atoms with van der Waals surface area (Å²) < 4.78 is 27.1. The van der Waals surface area contributed by atoms with Gasteiger partial charge >= 0.3 is 0 Å². The van der Waals surface area contributed by atoms with Crippen LogP contribution >= 0.6 is 0 Å². The summed E-state index contributed by atoms with van der Waals surface area (Å²) in [6.07, 6.45) is -0.358. The molecule has 0 spiro atoms. The average molecular weight is 431 g/mol. The standard InChI is InChI=1S/C23H29NO7/c1-27-17-7-5-15(11-19(17)29-3)12-22(26)24-9-10-31-21(14-25)23(24)16-6-8-18(28-2)20(13-16)30-4/h5-8,11,13,21,23,25H,9-10,12,14H2,1-4H3/t21-,23-/m1/s1. The number of aliphatic hydroxyl groups excluding tert-OH is 1. The molecule has 1 aliphatic rings. The molecule has 2 aromatic carbocycles. The third-order valence-electron chi connectivity index (χ3n) is 5.40. The number of amides is 1. The molecule has 1 fully saturated rings. The van der Waals surface area contributed by atoms with Crippen molar-refractivity contribution in [3.05, 3.63) is 47.5 Å². The Bertz CT molecular complexity index is 901. The van der Waals surface area contributed by atoms with Gasteiger partial charge in [0.15, 0.2) is 23.0 Å². The molecule has 8 heteroatoms.